The average Bonchev–Trinajstić information content (AvgIpc) is 2.64. The Bertz CT molecular complexity index is 1050. The number of nitrogens with zero attached hydrogens (tertiary/aromatic N) is 2. The van der Waals surface area contributed by atoms with Crippen molar-refractivity contribution in [3.05, 3.63) is 70.6 Å². The summed E-state index contributed by atoms with van der Waals surface area (Å²) in [6.45, 7) is 1.96. The van der Waals surface area contributed by atoms with Crippen molar-refractivity contribution in [2.75, 3.05) is 5.32 Å². The quantitative estimate of drug-likeness (QED) is 0.314. The standard InChI is InChI=1S/C19H14ClFN4O2/c1-11-2-3-12-9-13(17(20)24-16(12)8-11)10-22-25-19(27)18(26)23-15-6-4-14(21)5-7-15/h2-10H,1H3,(H,23,26)(H,25,27). The van der Waals surface area contributed by atoms with E-state index in [9.17, 15) is 14.0 Å². The maximum Gasteiger partial charge on any atom is 0.329 e. The van der Waals surface area contributed by atoms with Gasteiger partial charge in [0.15, 0.2) is 0 Å². The number of aromatic nitrogens is 1. The number of fused-ring (bicyclic) bond motifs is 1. The maximum absolute atomic E-state index is 12.8. The number of rotatable bonds is 3. The van der Waals surface area contributed by atoms with Crippen molar-refractivity contribution >= 4 is 46.2 Å². The summed E-state index contributed by atoms with van der Waals surface area (Å²) < 4.78 is 12.8. The number of carbonyl (C=O) groups is 2. The van der Waals surface area contributed by atoms with E-state index in [0.29, 0.717) is 5.56 Å². The Hall–Kier alpha value is -3.32. The normalized spacial score (nSPS) is 10.9. The third kappa shape index (κ3) is 4.65. The number of pyridine rings is 1. The third-order valence-electron chi connectivity index (χ3n) is 3.63. The molecule has 0 bridgehead atoms. The Morgan fingerprint density at radius 3 is 2.59 bits per heavy atom. The highest BCUT2D eigenvalue weighted by Gasteiger charge is 2.13. The van der Waals surface area contributed by atoms with Gasteiger partial charge in [-0.1, -0.05) is 23.7 Å². The van der Waals surface area contributed by atoms with Crippen molar-refractivity contribution in [2.45, 2.75) is 6.92 Å². The van der Waals surface area contributed by atoms with Crippen LogP contribution in [0.5, 0.6) is 0 Å². The molecule has 6 nitrogen and oxygen atoms in total. The zero-order chi connectivity index (χ0) is 19.4. The molecule has 0 spiro atoms. The van der Waals surface area contributed by atoms with Gasteiger partial charge in [0.2, 0.25) is 0 Å². The summed E-state index contributed by atoms with van der Waals surface area (Å²) in [5.41, 5.74) is 4.70. The molecule has 3 aromatic rings. The molecule has 1 heterocycles. The van der Waals surface area contributed by atoms with Crippen LogP contribution in [-0.2, 0) is 9.59 Å². The van der Waals surface area contributed by atoms with Gasteiger partial charge < -0.3 is 5.32 Å². The number of amides is 2. The minimum Gasteiger partial charge on any atom is -0.318 e. The fourth-order valence-corrected chi connectivity index (χ4v) is 2.49. The van der Waals surface area contributed by atoms with Crippen LogP contribution in [0.25, 0.3) is 10.9 Å². The van der Waals surface area contributed by atoms with Crippen LogP contribution in [0.1, 0.15) is 11.1 Å². The van der Waals surface area contributed by atoms with E-state index < -0.39 is 17.6 Å². The summed E-state index contributed by atoms with van der Waals surface area (Å²) in [5, 5.41) is 7.15. The van der Waals surface area contributed by atoms with Crippen molar-refractivity contribution < 1.29 is 14.0 Å². The molecule has 0 aliphatic rings. The van der Waals surface area contributed by atoms with Crippen LogP contribution >= 0.6 is 11.6 Å². The van der Waals surface area contributed by atoms with E-state index in [4.69, 9.17) is 11.6 Å². The first-order valence-electron chi connectivity index (χ1n) is 7.89. The SMILES string of the molecule is Cc1ccc2cc(C=NNC(=O)C(=O)Nc3ccc(F)cc3)c(Cl)nc2c1. The van der Waals surface area contributed by atoms with Gasteiger partial charge in [-0.3, -0.25) is 9.59 Å². The number of aryl methyl sites for hydroxylation is 1. The second kappa shape index (κ2) is 7.92. The van der Waals surface area contributed by atoms with Crippen LogP contribution in [0.2, 0.25) is 5.15 Å². The molecule has 0 unspecified atom stereocenters. The summed E-state index contributed by atoms with van der Waals surface area (Å²) in [6, 6.07) is 12.5. The van der Waals surface area contributed by atoms with Crippen molar-refractivity contribution in [1.29, 1.82) is 0 Å². The van der Waals surface area contributed by atoms with Crippen molar-refractivity contribution in [2.24, 2.45) is 5.10 Å². The van der Waals surface area contributed by atoms with Gasteiger partial charge in [0, 0.05) is 16.6 Å². The van der Waals surface area contributed by atoms with E-state index in [1.54, 1.807) is 6.07 Å². The molecule has 2 amide bonds. The van der Waals surface area contributed by atoms with Gasteiger partial charge in [0.1, 0.15) is 11.0 Å². The third-order valence-corrected chi connectivity index (χ3v) is 3.93. The van der Waals surface area contributed by atoms with Gasteiger partial charge in [-0.25, -0.2) is 14.8 Å². The van der Waals surface area contributed by atoms with Crippen molar-refractivity contribution in [1.82, 2.24) is 10.4 Å². The Morgan fingerprint density at radius 2 is 1.85 bits per heavy atom. The lowest BCUT2D eigenvalue weighted by atomic mass is 10.1. The fourth-order valence-electron chi connectivity index (χ4n) is 2.29. The van der Waals surface area contributed by atoms with Crippen LogP contribution in [0.15, 0.2) is 53.6 Å². The zero-order valence-corrected chi connectivity index (χ0v) is 14.9. The summed E-state index contributed by atoms with van der Waals surface area (Å²) in [7, 11) is 0. The lowest BCUT2D eigenvalue weighted by molar-refractivity contribution is -0.136. The molecule has 0 aliphatic heterocycles. The fraction of sp³-hybridized carbons (Fsp3) is 0.0526. The molecule has 27 heavy (non-hydrogen) atoms. The monoisotopic (exact) mass is 384 g/mol. The number of carbonyl (C=O) groups excluding carboxylic acids is 2. The average molecular weight is 385 g/mol. The number of hydrogen-bond donors (Lipinski definition) is 2. The molecule has 0 saturated heterocycles. The number of anilines is 1. The van der Waals surface area contributed by atoms with E-state index in [1.807, 2.05) is 25.1 Å². The van der Waals surface area contributed by atoms with E-state index in [2.05, 4.69) is 20.8 Å². The van der Waals surface area contributed by atoms with Crippen LogP contribution in [0, 0.1) is 12.7 Å². The Balaban J connectivity index is 1.65. The Morgan fingerprint density at radius 1 is 1.11 bits per heavy atom. The highest BCUT2D eigenvalue weighted by Crippen LogP contribution is 2.20. The minimum absolute atomic E-state index is 0.224. The molecule has 0 fully saturated rings. The Labute approximate surface area is 159 Å². The molecular formula is C19H14ClFN4O2. The molecule has 0 saturated carbocycles. The van der Waals surface area contributed by atoms with Crippen LogP contribution in [0.4, 0.5) is 10.1 Å². The number of halogens is 2. The van der Waals surface area contributed by atoms with E-state index in [-0.39, 0.29) is 10.8 Å². The molecule has 1 aromatic heterocycles. The molecule has 2 aromatic carbocycles. The first-order valence-corrected chi connectivity index (χ1v) is 8.27. The topological polar surface area (TPSA) is 83.5 Å². The van der Waals surface area contributed by atoms with Crippen LogP contribution < -0.4 is 10.7 Å². The smallest absolute Gasteiger partial charge is 0.318 e. The van der Waals surface area contributed by atoms with Crippen molar-refractivity contribution in [3.8, 4) is 0 Å². The van der Waals surface area contributed by atoms with E-state index >= 15 is 0 Å². The molecular weight excluding hydrogens is 371 g/mol. The summed E-state index contributed by atoms with van der Waals surface area (Å²) in [5.74, 6) is -2.36. The summed E-state index contributed by atoms with van der Waals surface area (Å²) >= 11 is 6.13. The summed E-state index contributed by atoms with van der Waals surface area (Å²) in [6.07, 6.45) is 1.30. The second-order valence-electron chi connectivity index (χ2n) is 5.72. The first-order chi connectivity index (χ1) is 12.9. The number of benzene rings is 2. The highest BCUT2D eigenvalue weighted by atomic mass is 35.5. The van der Waals surface area contributed by atoms with Crippen molar-refractivity contribution in [3.63, 3.8) is 0 Å². The maximum atomic E-state index is 12.8. The highest BCUT2D eigenvalue weighted by molar-refractivity contribution is 6.39. The van der Waals surface area contributed by atoms with Gasteiger partial charge in [0.05, 0.1) is 11.7 Å². The van der Waals surface area contributed by atoms with E-state index in [0.717, 1.165) is 16.5 Å². The molecule has 3 rings (SSSR count). The zero-order valence-electron chi connectivity index (χ0n) is 14.2. The van der Waals surface area contributed by atoms with Gasteiger partial charge in [-0.2, -0.15) is 5.10 Å². The predicted molar refractivity (Wildman–Crippen MR) is 102 cm³/mol. The molecule has 0 atom stereocenters. The number of hydrazone groups is 1. The largest absolute Gasteiger partial charge is 0.329 e. The predicted octanol–water partition coefficient (Wildman–Crippen LogP) is 3.42. The lowest BCUT2D eigenvalue weighted by Gasteiger charge is -2.04. The second-order valence-corrected chi connectivity index (χ2v) is 6.08. The van der Waals surface area contributed by atoms with Crippen LogP contribution in [-0.4, -0.2) is 23.0 Å². The number of hydrogen-bond acceptors (Lipinski definition) is 4. The molecule has 8 heteroatoms. The van der Waals surface area contributed by atoms with Gasteiger partial charge in [-0.15, -0.1) is 0 Å². The summed E-state index contributed by atoms with van der Waals surface area (Å²) in [4.78, 5) is 27.8. The molecule has 2 N–H and O–H groups in total. The Kier molecular flexibility index (Phi) is 5.42. The minimum atomic E-state index is -0.976. The van der Waals surface area contributed by atoms with Gasteiger partial charge in [-0.05, 0) is 48.9 Å². The lowest BCUT2D eigenvalue weighted by Crippen LogP contribution is -2.32. The molecule has 0 radical (unpaired) electrons. The molecule has 0 aliphatic carbocycles. The number of nitrogens with one attached hydrogen (secondary N) is 2. The first kappa shape index (κ1) is 18.5. The van der Waals surface area contributed by atoms with E-state index in [1.165, 1.54) is 30.5 Å². The van der Waals surface area contributed by atoms with Crippen LogP contribution in [0.3, 0.4) is 0 Å². The van der Waals surface area contributed by atoms with Gasteiger partial charge in [0.25, 0.3) is 0 Å². The molecule has 136 valence electrons. The van der Waals surface area contributed by atoms with Gasteiger partial charge >= 0.3 is 11.8 Å².